The van der Waals surface area contributed by atoms with Crippen LogP contribution in [0.3, 0.4) is 0 Å². The van der Waals surface area contributed by atoms with Gasteiger partial charge in [-0.25, -0.2) is 0 Å². The minimum atomic E-state index is -0.703. The molecule has 4 nitrogen and oxygen atoms in total. The number of aliphatic hydroxyl groups is 3. The van der Waals surface area contributed by atoms with E-state index in [1.165, 1.54) is 11.6 Å². The van der Waals surface area contributed by atoms with Crippen molar-refractivity contribution in [3.63, 3.8) is 0 Å². The first-order chi connectivity index (χ1) is 20.4. The Morgan fingerprint density at radius 1 is 0.795 bits per heavy atom. The van der Waals surface area contributed by atoms with Gasteiger partial charge >= 0.3 is 0 Å². The first-order valence-corrected chi connectivity index (χ1v) is 15.6. The van der Waals surface area contributed by atoms with Gasteiger partial charge in [-0.2, -0.15) is 0 Å². The maximum Gasteiger partial charge on any atom is 0.165 e. The molecule has 0 unspecified atom stereocenters. The highest BCUT2D eigenvalue weighted by Gasteiger charge is 2.53. The van der Waals surface area contributed by atoms with Crippen LogP contribution >= 0.6 is 0 Å². The average molecular weight is 599 g/mol. The summed E-state index contributed by atoms with van der Waals surface area (Å²) in [6.07, 6.45) is 22.6. The molecule has 0 aromatic rings. The number of allylic oxidation sites excluding steroid dienone is 16. The highest BCUT2D eigenvalue weighted by molar-refractivity contribution is 5.96. The lowest BCUT2D eigenvalue weighted by atomic mass is 9.66. The van der Waals surface area contributed by atoms with Crippen molar-refractivity contribution in [2.45, 2.75) is 107 Å². The van der Waals surface area contributed by atoms with Gasteiger partial charge in [0.1, 0.15) is 5.76 Å². The standard InChI is InChI=1S/C40H54O4/c1-28(17-13-18-30(3)21-22-35-32(5)23-33(41)25-38(35,6)7)15-11-12-16-29(2)19-14-20-31(4)36(43)24-37(44)40(10)27-34(42)26-39(40,8)9/h11-20,24,33-34,41-43H,23,25-27H2,1-10H3/b12-11+,17-13-,19-14+,28-15+,29-16+,30-18-,31-20+,36-24-/t33-,34+,40+/m1/s1. The third-order valence-corrected chi connectivity index (χ3v) is 9.12. The largest absolute Gasteiger partial charge is 0.508 e. The van der Waals surface area contributed by atoms with Gasteiger partial charge in [0.25, 0.3) is 0 Å². The van der Waals surface area contributed by atoms with Crippen LogP contribution in [0.2, 0.25) is 0 Å². The summed E-state index contributed by atoms with van der Waals surface area (Å²) >= 11 is 0. The SMILES string of the molecule is CC1=C(C#C\C(C)=C/C=C\C(C)=C\C=C\C=C(C)\C=C\C=C(C)\C(O)=C\C(=O)[C@]2(C)C[C@@H](O)CC2(C)C)C(C)(C)C[C@H](O)C1. The van der Waals surface area contributed by atoms with Gasteiger partial charge in [0, 0.05) is 22.5 Å². The van der Waals surface area contributed by atoms with Crippen molar-refractivity contribution < 1.29 is 20.1 Å². The summed E-state index contributed by atoms with van der Waals surface area (Å²) < 4.78 is 0. The van der Waals surface area contributed by atoms with Crippen LogP contribution in [0, 0.1) is 28.1 Å². The Morgan fingerprint density at radius 2 is 1.36 bits per heavy atom. The topological polar surface area (TPSA) is 77.8 Å². The highest BCUT2D eigenvalue weighted by atomic mass is 16.3. The van der Waals surface area contributed by atoms with Crippen LogP contribution in [-0.4, -0.2) is 33.3 Å². The predicted octanol–water partition coefficient (Wildman–Crippen LogP) is 9.14. The number of ketones is 1. The van der Waals surface area contributed by atoms with Crippen molar-refractivity contribution in [1.82, 2.24) is 0 Å². The first kappa shape index (κ1) is 36.8. The number of carbonyl (C=O) groups excluding carboxylic acids is 1. The van der Waals surface area contributed by atoms with Gasteiger partial charge in [-0.1, -0.05) is 124 Å². The van der Waals surface area contributed by atoms with Crippen LogP contribution in [0.1, 0.15) is 94.9 Å². The van der Waals surface area contributed by atoms with E-state index in [0.29, 0.717) is 24.8 Å². The van der Waals surface area contributed by atoms with Gasteiger partial charge in [0.2, 0.25) is 0 Å². The molecule has 0 aromatic carbocycles. The van der Waals surface area contributed by atoms with Crippen molar-refractivity contribution in [3.8, 4) is 11.8 Å². The van der Waals surface area contributed by atoms with Gasteiger partial charge in [0.05, 0.1) is 12.2 Å². The van der Waals surface area contributed by atoms with E-state index in [9.17, 15) is 20.1 Å². The fourth-order valence-electron chi connectivity index (χ4n) is 6.04. The van der Waals surface area contributed by atoms with Gasteiger partial charge in [0.15, 0.2) is 5.78 Å². The van der Waals surface area contributed by atoms with E-state index in [1.54, 1.807) is 13.0 Å². The molecule has 0 heterocycles. The molecule has 0 saturated heterocycles. The molecule has 0 radical (unpaired) electrons. The summed E-state index contributed by atoms with van der Waals surface area (Å²) in [7, 11) is 0. The Labute approximate surface area is 266 Å². The summed E-state index contributed by atoms with van der Waals surface area (Å²) in [5, 5.41) is 30.7. The second kappa shape index (κ2) is 15.6. The van der Waals surface area contributed by atoms with Crippen molar-refractivity contribution in [3.05, 3.63) is 106 Å². The molecule has 2 aliphatic carbocycles. The van der Waals surface area contributed by atoms with Gasteiger partial charge in [-0.15, -0.1) is 0 Å². The Hall–Kier alpha value is -3.39. The smallest absolute Gasteiger partial charge is 0.165 e. The molecule has 0 aliphatic heterocycles. The molecule has 0 bridgehead atoms. The predicted molar refractivity (Wildman–Crippen MR) is 185 cm³/mol. The highest BCUT2D eigenvalue weighted by Crippen LogP contribution is 2.53. The lowest BCUT2D eigenvalue weighted by molar-refractivity contribution is -0.127. The van der Waals surface area contributed by atoms with E-state index < -0.39 is 11.5 Å². The van der Waals surface area contributed by atoms with Crippen LogP contribution in [0.5, 0.6) is 0 Å². The third-order valence-electron chi connectivity index (χ3n) is 9.12. The molecule has 2 aliphatic rings. The summed E-state index contributed by atoms with van der Waals surface area (Å²) in [5.41, 5.74) is 4.93. The van der Waals surface area contributed by atoms with Crippen LogP contribution in [0.25, 0.3) is 0 Å². The van der Waals surface area contributed by atoms with Crippen LogP contribution in [0.4, 0.5) is 0 Å². The second-order valence-corrected chi connectivity index (χ2v) is 14.1. The molecule has 1 fully saturated rings. The van der Waals surface area contributed by atoms with Gasteiger partial charge in [-0.3, -0.25) is 4.79 Å². The maximum atomic E-state index is 13.0. The fourth-order valence-corrected chi connectivity index (χ4v) is 6.04. The first-order valence-electron chi connectivity index (χ1n) is 15.6. The number of hydrogen-bond donors (Lipinski definition) is 3. The normalized spacial score (nSPS) is 27.0. The van der Waals surface area contributed by atoms with E-state index >= 15 is 0 Å². The van der Waals surface area contributed by atoms with E-state index in [4.69, 9.17) is 0 Å². The molecule has 3 N–H and O–H groups in total. The maximum absolute atomic E-state index is 13.0. The van der Waals surface area contributed by atoms with E-state index in [-0.39, 0.29) is 28.5 Å². The molecule has 238 valence electrons. The minimum absolute atomic E-state index is 0.0493. The van der Waals surface area contributed by atoms with Crippen LogP contribution in [0.15, 0.2) is 106 Å². The fraction of sp³-hybridized carbons (Fsp3) is 0.475. The average Bonchev–Trinajstić information content (AvgIpc) is 3.11. The number of carbonyl (C=O) groups is 1. The zero-order chi connectivity index (χ0) is 33.3. The summed E-state index contributed by atoms with van der Waals surface area (Å²) in [5.74, 6) is 6.43. The second-order valence-electron chi connectivity index (χ2n) is 14.1. The molecular formula is C40H54O4. The van der Waals surface area contributed by atoms with E-state index in [1.807, 2.05) is 96.2 Å². The quantitative estimate of drug-likeness (QED) is 0.107. The summed E-state index contributed by atoms with van der Waals surface area (Å²) in [6, 6.07) is 0. The molecule has 3 atom stereocenters. The van der Waals surface area contributed by atoms with E-state index in [2.05, 4.69) is 32.6 Å². The summed E-state index contributed by atoms with van der Waals surface area (Å²) in [6.45, 7) is 20.1. The van der Waals surface area contributed by atoms with Gasteiger partial charge < -0.3 is 15.3 Å². The Kier molecular flexibility index (Phi) is 13.0. The molecule has 4 heteroatoms. The molecule has 44 heavy (non-hydrogen) atoms. The zero-order valence-corrected chi connectivity index (χ0v) is 28.6. The summed E-state index contributed by atoms with van der Waals surface area (Å²) in [4.78, 5) is 13.0. The number of aliphatic hydroxyl groups excluding tert-OH is 3. The van der Waals surface area contributed by atoms with Crippen molar-refractivity contribution in [1.29, 1.82) is 0 Å². The van der Waals surface area contributed by atoms with Crippen molar-refractivity contribution >= 4 is 5.78 Å². The molecular weight excluding hydrogens is 544 g/mol. The number of hydrogen-bond acceptors (Lipinski definition) is 4. The lowest BCUT2D eigenvalue weighted by Gasteiger charge is -2.35. The minimum Gasteiger partial charge on any atom is -0.508 e. The monoisotopic (exact) mass is 598 g/mol. The van der Waals surface area contributed by atoms with Crippen LogP contribution < -0.4 is 0 Å². The third kappa shape index (κ3) is 10.4. The van der Waals surface area contributed by atoms with E-state index in [0.717, 1.165) is 28.7 Å². The van der Waals surface area contributed by atoms with Crippen molar-refractivity contribution in [2.24, 2.45) is 16.2 Å². The molecule has 1 saturated carbocycles. The lowest BCUT2D eigenvalue weighted by Crippen LogP contribution is -2.36. The molecule has 0 spiro atoms. The van der Waals surface area contributed by atoms with Crippen LogP contribution in [-0.2, 0) is 4.79 Å². The molecule has 0 aromatic heterocycles. The van der Waals surface area contributed by atoms with Crippen molar-refractivity contribution in [2.75, 3.05) is 0 Å². The Bertz CT molecular complexity index is 1420. The Morgan fingerprint density at radius 3 is 1.89 bits per heavy atom. The zero-order valence-electron chi connectivity index (χ0n) is 28.6. The number of rotatable bonds is 9. The molecule has 0 amide bonds. The van der Waals surface area contributed by atoms with Gasteiger partial charge in [-0.05, 0) is 76.9 Å². The Balaban J connectivity index is 1.95. The molecule has 2 rings (SSSR count).